The van der Waals surface area contributed by atoms with E-state index in [0.29, 0.717) is 12.2 Å². The lowest BCUT2D eigenvalue weighted by atomic mass is 10.2. The first-order valence-corrected chi connectivity index (χ1v) is 9.80. The fourth-order valence-corrected chi connectivity index (χ4v) is 5.43. The Morgan fingerprint density at radius 3 is 2.29 bits per heavy atom. The first-order chi connectivity index (χ1) is 11.5. The summed E-state index contributed by atoms with van der Waals surface area (Å²) in [5.74, 6) is 0. The van der Waals surface area contributed by atoms with Crippen molar-refractivity contribution in [2.24, 2.45) is 0 Å². The zero-order valence-corrected chi connectivity index (χ0v) is 15.8. The second kappa shape index (κ2) is 10.5. The summed E-state index contributed by atoms with van der Waals surface area (Å²) in [5, 5.41) is 11.0. The third-order valence-corrected chi connectivity index (χ3v) is 7.33. The van der Waals surface area contributed by atoms with E-state index in [1.165, 1.54) is 6.07 Å². The zero-order chi connectivity index (χ0) is 18.0. The van der Waals surface area contributed by atoms with E-state index in [0.717, 1.165) is 19.3 Å². The molecule has 1 atom stereocenters. The minimum absolute atomic E-state index is 0.0806. The lowest BCUT2D eigenvalue weighted by molar-refractivity contribution is -0.385. The molecular formula is C16H27NO6Si. The van der Waals surface area contributed by atoms with E-state index in [2.05, 4.69) is 6.92 Å². The summed E-state index contributed by atoms with van der Waals surface area (Å²) in [7, 11) is 2.11. The van der Waals surface area contributed by atoms with Crippen LogP contribution in [0.2, 0.25) is 5.54 Å². The van der Waals surface area contributed by atoms with Gasteiger partial charge in [-0.1, -0.05) is 25.5 Å². The molecule has 7 nitrogen and oxygen atoms in total. The molecule has 0 amide bonds. The fraction of sp³-hybridized carbons (Fsp3) is 0.625. The van der Waals surface area contributed by atoms with E-state index >= 15 is 0 Å². The van der Waals surface area contributed by atoms with Crippen molar-refractivity contribution in [3.05, 3.63) is 39.9 Å². The second-order valence-electron chi connectivity index (χ2n) is 5.43. The number of nitrogens with zero attached hydrogens (tertiary/aromatic N) is 1. The standard InChI is InChI=1S/C16H27NO6Si/c1-5-8-15(24(20-2,21-3)22-4)11-12-23-13-14-9-6-7-10-16(14)17(18)19/h6-7,9-10,15H,5,8,11-13H2,1-4H3. The largest absolute Gasteiger partial charge is 0.503 e. The van der Waals surface area contributed by atoms with Gasteiger partial charge < -0.3 is 18.0 Å². The molecule has 0 saturated heterocycles. The van der Waals surface area contributed by atoms with Crippen LogP contribution in [0.15, 0.2) is 24.3 Å². The second-order valence-corrected chi connectivity index (χ2v) is 8.68. The Kier molecular flexibility index (Phi) is 9.09. The zero-order valence-electron chi connectivity index (χ0n) is 14.8. The third-order valence-electron chi connectivity index (χ3n) is 4.05. The van der Waals surface area contributed by atoms with Crippen molar-refractivity contribution in [1.82, 2.24) is 0 Å². The molecule has 0 aliphatic rings. The average molecular weight is 357 g/mol. The van der Waals surface area contributed by atoms with Crippen LogP contribution in [0.5, 0.6) is 0 Å². The minimum Gasteiger partial charge on any atom is -0.377 e. The molecule has 24 heavy (non-hydrogen) atoms. The molecule has 1 aromatic carbocycles. The number of rotatable bonds is 12. The number of hydrogen-bond acceptors (Lipinski definition) is 6. The molecule has 1 rings (SSSR count). The van der Waals surface area contributed by atoms with Crippen LogP contribution >= 0.6 is 0 Å². The summed E-state index contributed by atoms with van der Waals surface area (Å²) in [5.41, 5.74) is 0.786. The lowest BCUT2D eigenvalue weighted by Gasteiger charge is -2.32. The Hall–Kier alpha value is -1.32. The maximum Gasteiger partial charge on any atom is 0.503 e. The normalized spacial score (nSPS) is 13.0. The van der Waals surface area contributed by atoms with Crippen LogP contribution in [0.3, 0.4) is 0 Å². The van der Waals surface area contributed by atoms with Crippen LogP contribution in [0.25, 0.3) is 0 Å². The number of ether oxygens (including phenoxy) is 1. The Bertz CT molecular complexity index is 501. The van der Waals surface area contributed by atoms with Gasteiger partial charge in [0.05, 0.1) is 17.1 Å². The van der Waals surface area contributed by atoms with Gasteiger partial charge in [0.1, 0.15) is 0 Å². The van der Waals surface area contributed by atoms with E-state index in [4.69, 9.17) is 18.0 Å². The Morgan fingerprint density at radius 1 is 1.12 bits per heavy atom. The molecule has 0 bridgehead atoms. The highest BCUT2D eigenvalue weighted by molar-refractivity contribution is 6.62. The first-order valence-electron chi connectivity index (χ1n) is 8.00. The van der Waals surface area contributed by atoms with Gasteiger partial charge in [0.15, 0.2) is 0 Å². The SMILES string of the molecule is CCCC(CCOCc1ccccc1[N+](=O)[O-])[Si](OC)(OC)OC. The highest BCUT2D eigenvalue weighted by Gasteiger charge is 2.46. The van der Waals surface area contributed by atoms with Gasteiger partial charge in [0, 0.05) is 39.5 Å². The summed E-state index contributed by atoms with van der Waals surface area (Å²) in [6, 6.07) is 6.61. The molecule has 0 saturated carbocycles. The number of hydrogen-bond donors (Lipinski definition) is 0. The maximum absolute atomic E-state index is 11.0. The van der Waals surface area contributed by atoms with Crippen molar-refractivity contribution >= 4 is 14.5 Å². The molecule has 0 aliphatic carbocycles. The van der Waals surface area contributed by atoms with E-state index in [1.807, 2.05) is 0 Å². The van der Waals surface area contributed by atoms with Gasteiger partial charge in [-0.15, -0.1) is 0 Å². The molecular weight excluding hydrogens is 330 g/mol. The number of nitro benzene ring substituents is 1. The Balaban J connectivity index is 2.62. The highest BCUT2D eigenvalue weighted by Crippen LogP contribution is 2.32. The van der Waals surface area contributed by atoms with Crippen molar-refractivity contribution in [3.8, 4) is 0 Å². The molecule has 0 N–H and O–H groups in total. The smallest absolute Gasteiger partial charge is 0.377 e. The van der Waals surface area contributed by atoms with E-state index in [1.54, 1.807) is 39.5 Å². The maximum atomic E-state index is 11.0. The average Bonchev–Trinajstić information content (AvgIpc) is 2.60. The van der Waals surface area contributed by atoms with Crippen molar-refractivity contribution in [3.63, 3.8) is 0 Å². The van der Waals surface area contributed by atoms with Gasteiger partial charge in [-0.25, -0.2) is 0 Å². The monoisotopic (exact) mass is 357 g/mol. The fourth-order valence-electron chi connectivity index (χ4n) is 2.82. The van der Waals surface area contributed by atoms with E-state index in [9.17, 15) is 10.1 Å². The van der Waals surface area contributed by atoms with Gasteiger partial charge in [-0.2, -0.15) is 0 Å². The van der Waals surface area contributed by atoms with Crippen LogP contribution < -0.4 is 0 Å². The van der Waals surface area contributed by atoms with Crippen LogP contribution in [-0.2, 0) is 24.6 Å². The summed E-state index contributed by atoms with van der Waals surface area (Å²) in [6.45, 7) is 2.76. The molecule has 0 aliphatic heterocycles. The van der Waals surface area contributed by atoms with Crippen LogP contribution in [-0.4, -0.2) is 41.7 Å². The van der Waals surface area contributed by atoms with E-state index in [-0.39, 0.29) is 17.8 Å². The van der Waals surface area contributed by atoms with Gasteiger partial charge in [-0.3, -0.25) is 10.1 Å². The third kappa shape index (κ3) is 5.35. The molecule has 0 spiro atoms. The van der Waals surface area contributed by atoms with Gasteiger partial charge in [0.25, 0.3) is 5.69 Å². The molecule has 0 radical (unpaired) electrons. The van der Waals surface area contributed by atoms with Gasteiger partial charge in [-0.05, 0) is 18.9 Å². The van der Waals surface area contributed by atoms with Crippen molar-refractivity contribution in [2.75, 3.05) is 27.9 Å². The summed E-state index contributed by atoms with van der Waals surface area (Å²) < 4.78 is 22.4. The topological polar surface area (TPSA) is 80.1 Å². The summed E-state index contributed by atoms with van der Waals surface area (Å²) in [4.78, 5) is 10.6. The molecule has 0 fully saturated rings. The molecule has 0 heterocycles. The van der Waals surface area contributed by atoms with Crippen LogP contribution in [0.1, 0.15) is 31.7 Å². The minimum atomic E-state index is -2.71. The van der Waals surface area contributed by atoms with Crippen LogP contribution in [0, 0.1) is 10.1 Å². The molecule has 0 aromatic heterocycles. The van der Waals surface area contributed by atoms with Crippen LogP contribution in [0.4, 0.5) is 5.69 Å². The summed E-state index contributed by atoms with van der Waals surface area (Å²) in [6.07, 6.45) is 2.62. The Morgan fingerprint density at radius 2 is 1.75 bits per heavy atom. The number of nitro groups is 1. The summed E-state index contributed by atoms with van der Waals surface area (Å²) >= 11 is 0. The van der Waals surface area contributed by atoms with Gasteiger partial charge in [0.2, 0.25) is 0 Å². The molecule has 1 aromatic rings. The molecule has 136 valence electrons. The predicted octanol–water partition coefficient (Wildman–Crippen LogP) is 3.55. The number of para-hydroxylation sites is 1. The predicted molar refractivity (Wildman–Crippen MR) is 92.8 cm³/mol. The van der Waals surface area contributed by atoms with Gasteiger partial charge >= 0.3 is 8.80 Å². The highest BCUT2D eigenvalue weighted by atomic mass is 28.4. The van der Waals surface area contributed by atoms with E-state index < -0.39 is 13.7 Å². The molecule has 1 unspecified atom stereocenters. The first kappa shape index (κ1) is 20.7. The molecule has 8 heteroatoms. The quantitative estimate of drug-likeness (QED) is 0.246. The Labute approximate surface area is 144 Å². The van der Waals surface area contributed by atoms with Crippen molar-refractivity contribution < 1.29 is 22.9 Å². The number of benzene rings is 1. The van der Waals surface area contributed by atoms with Crippen molar-refractivity contribution in [1.29, 1.82) is 0 Å². The van der Waals surface area contributed by atoms with Crippen molar-refractivity contribution in [2.45, 2.75) is 38.3 Å². The lowest BCUT2D eigenvalue weighted by Crippen LogP contribution is -2.48.